The zero-order chi connectivity index (χ0) is 12.8. The Morgan fingerprint density at radius 1 is 1.50 bits per heavy atom. The minimum absolute atomic E-state index is 0.0632. The summed E-state index contributed by atoms with van der Waals surface area (Å²) in [7, 11) is 0. The van der Waals surface area contributed by atoms with Crippen molar-refractivity contribution in [2.45, 2.75) is 32.2 Å². The summed E-state index contributed by atoms with van der Waals surface area (Å²) in [6, 6.07) is 3.81. The molecule has 4 N–H and O–H groups in total. The van der Waals surface area contributed by atoms with Gasteiger partial charge in [-0.15, -0.1) is 0 Å². The van der Waals surface area contributed by atoms with E-state index < -0.39 is 0 Å². The molecule has 0 amide bonds. The highest BCUT2D eigenvalue weighted by Crippen LogP contribution is 2.23. The van der Waals surface area contributed by atoms with Gasteiger partial charge >= 0.3 is 0 Å². The molecule has 0 aliphatic heterocycles. The van der Waals surface area contributed by atoms with Gasteiger partial charge in [0.2, 0.25) is 0 Å². The van der Waals surface area contributed by atoms with Crippen LogP contribution in [-0.4, -0.2) is 22.6 Å². The van der Waals surface area contributed by atoms with E-state index in [-0.39, 0.29) is 5.84 Å². The molecular formula is C13H20N4O. The van der Waals surface area contributed by atoms with Crippen molar-refractivity contribution in [3.8, 4) is 0 Å². The maximum absolute atomic E-state index is 8.71. The van der Waals surface area contributed by atoms with E-state index in [1.807, 2.05) is 12.1 Å². The molecule has 2 rings (SSSR count). The van der Waals surface area contributed by atoms with E-state index in [4.69, 9.17) is 10.9 Å². The molecule has 18 heavy (non-hydrogen) atoms. The Balaban J connectivity index is 1.92. The Bertz CT molecular complexity index is 413. The molecule has 0 aromatic carbocycles. The Labute approximate surface area is 107 Å². The fraction of sp³-hybridized carbons (Fsp3) is 0.538. The molecule has 1 fully saturated rings. The molecule has 1 aliphatic rings. The van der Waals surface area contributed by atoms with Crippen LogP contribution in [0.4, 0.5) is 0 Å². The molecule has 98 valence electrons. The average Bonchev–Trinajstić information content (AvgIpc) is 2.92. The van der Waals surface area contributed by atoms with Gasteiger partial charge in [0.1, 0.15) is 5.69 Å². The lowest BCUT2D eigenvalue weighted by atomic mass is 10.1. The fourth-order valence-electron chi connectivity index (χ4n) is 2.48. The first-order valence-electron chi connectivity index (χ1n) is 6.43. The topological polar surface area (TPSA) is 83.5 Å². The Morgan fingerprint density at radius 2 is 2.28 bits per heavy atom. The molecule has 0 unspecified atom stereocenters. The van der Waals surface area contributed by atoms with Crippen molar-refractivity contribution in [3.63, 3.8) is 0 Å². The lowest BCUT2D eigenvalue weighted by Crippen LogP contribution is -2.24. The van der Waals surface area contributed by atoms with E-state index in [9.17, 15) is 0 Å². The van der Waals surface area contributed by atoms with E-state index >= 15 is 0 Å². The zero-order valence-electron chi connectivity index (χ0n) is 10.5. The second-order valence-corrected chi connectivity index (χ2v) is 4.78. The summed E-state index contributed by atoms with van der Waals surface area (Å²) in [4.78, 5) is 4.14. The maximum Gasteiger partial charge on any atom is 0.189 e. The van der Waals surface area contributed by atoms with Gasteiger partial charge in [-0.1, -0.05) is 24.1 Å². The molecule has 1 saturated carbocycles. The minimum Gasteiger partial charge on any atom is -0.409 e. The van der Waals surface area contributed by atoms with Crippen LogP contribution in [0.5, 0.6) is 0 Å². The number of oxime groups is 1. The molecule has 1 heterocycles. The highest BCUT2D eigenvalue weighted by molar-refractivity contribution is 5.96. The largest absolute Gasteiger partial charge is 0.409 e. The van der Waals surface area contributed by atoms with Crippen molar-refractivity contribution in [1.29, 1.82) is 0 Å². The fourth-order valence-corrected chi connectivity index (χ4v) is 2.48. The van der Waals surface area contributed by atoms with E-state index in [0.29, 0.717) is 12.2 Å². The smallest absolute Gasteiger partial charge is 0.189 e. The van der Waals surface area contributed by atoms with Crippen molar-refractivity contribution >= 4 is 5.84 Å². The third kappa shape index (κ3) is 3.20. The SMILES string of the molecule is NC(=NO)c1ncccc1CNCC1CCCC1. The van der Waals surface area contributed by atoms with Gasteiger partial charge in [-0.25, -0.2) is 0 Å². The summed E-state index contributed by atoms with van der Waals surface area (Å²) in [5.74, 6) is 0.863. The van der Waals surface area contributed by atoms with Gasteiger partial charge in [-0.3, -0.25) is 4.98 Å². The van der Waals surface area contributed by atoms with Crippen LogP contribution in [0.3, 0.4) is 0 Å². The molecule has 0 bridgehead atoms. The molecule has 5 nitrogen and oxygen atoms in total. The number of aromatic nitrogens is 1. The van der Waals surface area contributed by atoms with Crippen LogP contribution < -0.4 is 11.1 Å². The second kappa shape index (κ2) is 6.35. The number of pyridine rings is 1. The van der Waals surface area contributed by atoms with E-state index in [2.05, 4.69) is 15.5 Å². The number of hydrogen-bond donors (Lipinski definition) is 3. The second-order valence-electron chi connectivity index (χ2n) is 4.78. The number of hydrogen-bond acceptors (Lipinski definition) is 4. The highest BCUT2D eigenvalue weighted by atomic mass is 16.4. The Kier molecular flexibility index (Phi) is 4.52. The third-order valence-electron chi connectivity index (χ3n) is 3.46. The van der Waals surface area contributed by atoms with Crippen LogP contribution in [0.15, 0.2) is 23.5 Å². The Hall–Kier alpha value is -1.62. The molecule has 0 spiro atoms. The molecular weight excluding hydrogens is 228 g/mol. The monoisotopic (exact) mass is 248 g/mol. The van der Waals surface area contributed by atoms with E-state index in [0.717, 1.165) is 18.0 Å². The summed E-state index contributed by atoms with van der Waals surface area (Å²) in [5.41, 5.74) is 7.12. The van der Waals surface area contributed by atoms with Gasteiger partial charge in [0.25, 0.3) is 0 Å². The van der Waals surface area contributed by atoms with Crippen molar-refractivity contribution in [3.05, 3.63) is 29.6 Å². The van der Waals surface area contributed by atoms with Crippen LogP contribution >= 0.6 is 0 Å². The predicted octanol–water partition coefficient (Wildman–Crippen LogP) is 1.46. The molecule has 0 atom stereocenters. The zero-order valence-corrected chi connectivity index (χ0v) is 10.5. The number of nitrogens with zero attached hydrogens (tertiary/aromatic N) is 2. The van der Waals surface area contributed by atoms with Gasteiger partial charge in [0.05, 0.1) is 0 Å². The predicted molar refractivity (Wildman–Crippen MR) is 70.4 cm³/mol. The number of nitrogens with one attached hydrogen (secondary N) is 1. The number of nitrogens with two attached hydrogens (primary N) is 1. The van der Waals surface area contributed by atoms with E-state index in [1.54, 1.807) is 6.20 Å². The summed E-state index contributed by atoms with van der Waals surface area (Å²) in [5, 5.41) is 15.2. The summed E-state index contributed by atoms with van der Waals surface area (Å²) in [6.45, 7) is 1.74. The van der Waals surface area contributed by atoms with E-state index in [1.165, 1.54) is 25.7 Å². The normalized spacial score (nSPS) is 17.2. The lowest BCUT2D eigenvalue weighted by molar-refractivity contribution is 0.318. The van der Waals surface area contributed by atoms with Crippen molar-refractivity contribution < 1.29 is 5.21 Å². The minimum atomic E-state index is 0.0632. The quantitative estimate of drug-likeness (QED) is 0.319. The van der Waals surface area contributed by atoms with Gasteiger partial charge in [0.15, 0.2) is 5.84 Å². The molecule has 5 heteroatoms. The van der Waals surface area contributed by atoms with Crippen LogP contribution in [-0.2, 0) is 6.54 Å². The van der Waals surface area contributed by atoms with Crippen molar-refractivity contribution in [2.75, 3.05) is 6.54 Å². The molecule has 0 saturated heterocycles. The first kappa shape index (κ1) is 12.8. The van der Waals surface area contributed by atoms with Gasteiger partial charge in [0, 0.05) is 12.7 Å². The lowest BCUT2D eigenvalue weighted by Gasteiger charge is -2.12. The average molecular weight is 248 g/mol. The summed E-state index contributed by atoms with van der Waals surface area (Å²) in [6.07, 6.45) is 7.01. The standard InChI is InChI=1S/C13H20N4O/c14-13(17-18)12-11(6-3-7-16-12)9-15-8-10-4-1-2-5-10/h3,6-7,10,15,18H,1-2,4-5,8-9H2,(H2,14,17). The van der Waals surface area contributed by atoms with Crippen molar-refractivity contribution in [2.24, 2.45) is 16.8 Å². The van der Waals surface area contributed by atoms with Crippen molar-refractivity contribution in [1.82, 2.24) is 10.3 Å². The number of amidine groups is 1. The van der Waals surface area contributed by atoms with Gasteiger partial charge in [-0.2, -0.15) is 0 Å². The first-order valence-corrected chi connectivity index (χ1v) is 6.43. The van der Waals surface area contributed by atoms with Gasteiger partial charge in [-0.05, 0) is 36.9 Å². The first-order chi connectivity index (χ1) is 8.81. The highest BCUT2D eigenvalue weighted by Gasteiger charge is 2.14. The van der Waals surface area contributed by atoms with Gasteiger partial charge < -0.3 is 16.3 Å². The van der Waals surface area contributed by atoms with Crippen LogP contribution in [0.1, 0.15) is 36.9 Å². The maximum atomic E-state index is 8.71. The van der Waals surface area contributed by atoms with Crippen LogP contribution in [0, 0.1) is 5.92 Å². The molecule has 1 aliphatic carbocycles. The third-order valence-corrected chi connectivity index (χ3v) is 3.46. The number of rotatable bonds is 5. The molecule has 0 radical (unpaired) electrons. The molecule has 1 aromatic rings. The van der Waals surface area contributed by atoms with Crippen LogP contribution in [0.2, 0.25) is 0 Å². The van der Waals surface area contributed by atoms with Crippen LogP contribution in [0.25, 0.3) is 0 Å². The summed E-state index contributed by atoms with van der Waals surface area (Å²) < 4.78 is 0. The summed E-state index contributed by atoms with van der Waals surface area (Å²) >= 11 is 0. The Morgan fingerprint density at radius 3 is 3.00 bits per heavy atom. The molecule has 1 aromatic heterocycles.